The molecule has 2 N–H and O–H groups in total. The highest BCUT2D eigenvalue weighted by molar-refractivity contribution is 14.0. The zero-order valence-electron chi connectivity index (χ0n) is 12.1. The maximum atomic E-state index is 5.76. The Balaban J connectivity index is 0.00000200. The highest BCUT2D eigenvalue weighted by Crippen LogP contribution is 2.23. The van der Waals surface area contributed by atoms with Crippen molar-refractivity contribution in [1.29, 1.82) is 0 Å². The molecule has 1 unspecified atom stereocenters. The molecule has 1 atom stereocenters. The van der Waals surface area contributed by atoms with E-state index in [1.807, 2.05) is 0 Å². The van der Waals surface area contributed by atoms with Crippen molar-refractivity contribution in [2.24, 2.45) is 4.99 Å². The molecule has 1 aromatic heterocycles. The lowest BCUT2D eigenvalue weighted by Gasteiger charge is -2.24. The first-order valence-electron chi connectivity index (χ1n) is 6.83. The van der Waals surface area contributed by atoms with Crippen LogP contribution in [-0.4, -0.2) is 38.3 Å². The van der Waals surface area contributed by atoms with Gasteiger partial charge in [-0.2, -0.15) is 0 Å². The topological polar surface area (TPSA) is 45.7 Å². The molecule has 1 saturated heterocycles. The van der Waals surface area contributed by atoms with Crippen LogP contribution in [0.4, 0.5) is 0 Å². The van der Waals surface area contributed by atoms with Gasteiger partial charge in [0.25, 0.3) is 0 Å². The molecule has 20 heavy (non-hydrogen) atoms. The molecule has 0 radical (unpaired) electrons. The van der Waals surface area contributed by atoms with Crippen molar-refractivity contribution >= 4 is 41.3 Å². The van der Waals surface area contributed by atoms with Gasteiger partial charge in [-0.1, -0.05) is 6.07 Å². The van der Waals surface area contributed by atoms with E-state index in [2.05, 4.69) is 40.1 Å². The maximum Gasteiger partial charge on any atom is 0.191 e. The summed E-state index contributed by atoms with van der Waals surface area (Å²) in [6, 6.07) is 4.25. The third kappa shape index (κ3) is 5.57. The number of guanidine groups is 1. The standard InChI is InChI=1S/C14H23N3OS.HI/c1-14(7-4-9-18-14)11-17-13(15-2)16-8-6-12-5-3-10-19-12;/h3,5,10H,4,6-9,11H2,1-2H3,(H2,15,16,17);1H. The van der Waals surface area contributed by atoms with E-state index in [0.29, 0.717) is 0 Å². The fraction of sp³-hybridized carbons (Fsp3) is 0.643. The van der Waals surface area contributed by atoms with Gasteiger partial charge in [-0.3, -0.25) is 4.99 Å². The summed E-state index contributed by atoms with van der Waals surface area (Å²) in [6.45, 7) is 4.75. The van der Waals surface area contributed by atoms with Gasteiger partial charge in [0.2, 0.25) is 0 Å². The van der Waals surface area contributed by atoms with Gasteiger partial charge in [-0.15, -0.1) is 35.3 Å². The number of hydrogen-bond donors (Lipinski definition) is 2. The third-order valence-electron chi connectivity index (χ3n) is 3.40. The van der Waals surface area contributed by atoms with E-state index in [0.717, 1.165) is 44.9 Å². The summed E-state index contributed by atoms with van der Waals surface area (Å²) in [7, 11) is 1.80. The van der Waals surface area contributed by atoms with Gasteiger partial charge in [0.1, 0.15) is 0 Å². The van der Waals surface area contributed by atoms with Crippen molar-refractivity contribution in [2.45, 2.75) is 31.8 Å². The number of rotatable bonds is 5. The first kappa shape index (κ1) is 17.7. The van der Waals surface area contributed by atoms with Crippen molar-refractivity contribution in [1.82, 2.24) is 10.6 Å². The fourth-order valence-electron chi connectivity index (χ4n) is 2.23. The Labute approximate surface area is 142 Å². The Morgan fingerprint density at radius 2 is 2.35 bits per heavy atom. The van der Waals surface area contributed by atoms with Crippen LogP contribution in [0.3, 0.4) is 0 Å². The minimum Gasteiger partial charge on any atom is -0.373 e. The van der Waals surface area contributed by atoms with E-state index >= 15 is 0 Å². The molecule has 0 spiro atoms. The number of thiophene rings is 1. The quantitative estimate of drug-likeness (QED) is 0.447. The summed E-state index contributed by atoms with van der Waals surface area (Å²) in [6.07, 6.45) is 3.31. The Bertz CT molecular complexity index is 403. The van der Waals surface area contributed by atoms with Crippen LogP contribution in [0.15, 0.2) is 22.5 Å². The summed E-state index contributed by atoms with van der Waals surface area (Å²) in [5, 5.41) is 8.80. The second kappa shape index (κ2) is 8.84. The number of nitrogens with zero attached hydrogens (tertiary/aromatic N) is 1. The average molecular weight is 409 g/mol. The zero-order valence-corrected chi connectivity index (χ0v) is 15.3. The molecule has 1 aromatic rings. The Kier molecular flexibility index (Phi) is 7.83. The molecular formula is C14H24IN3OS. The summed E-state index contributed by atoms with van der Waals surface area (Å²) in [4.78, 5) is 5.64. The van der Waals surface area contributed by atoms with Gasteiger partial charge in [0.15, 0.2) is 5.96 Å². The van der Waals surface area contributed by atoms with Gasteiger partial charge >= 0.3 is 0 Å². The van der Waals surface area contributed by atoms with E-state index in [1.165, 1.54) is 4.88 Å². The van der Waals surface area contributed by atoms with Crippen molar-refractivity contribution < 1.29 is 4.74 Å². The van der Waals surface area contributed by atoms with Crippen molar-refractivity contribution in [3.63, 3.8) is 0 Å². The molecule has 0 saturated carbocycles. The Hall–Kier alpha value is -0.340. The van der Waals surface area contributed by atoms with E-state index in [1.54, 1.807) is 18.4 Å². The Morgan fingerprint density at radius 3 is 2.95 bits per heavy atom. The maximum absolute atomic E-state index is 5.76. The van der Waals surface area contributed by atoms with E-state index < -0.39 is 0 Å². The Morgan fingerprint density at radius 1 is 1.50 bits per heavy atom. The highest BCUT2D eigenvalue weighted by atomic mass is 127. The number of aliphatic imine (C=N–C) groups is 1. The minimum absolute atomic E-state index is 0. The lowest BCUT2D eigenvalue weighted by molar-refractivity contribution is 0.0243. The van der Waals surface area contributed by atoms with Gasteiger partial charge in [-0.25, -0.2) is 0 Å². The van der Waals surface area contributed by atoms with Crippen LogP contribution in [0.1, 0.15) is 24.6 Å². The third-order valence-corrected chi connectivity index (χ3v) is 4.33. The van der Waals surface area contributed by atoms with Gasteiger partial charge < -0.3 is 15.4 Å². The predicted molar refractivity (Wildman–Crippen MR) is 96.4 cm³/mol. The van der Waals surface area contributed by atoms with E-state index in [9.17, 15) is 0 Å². The van der Waals surface area contributed by atoms with Crippen molar-refractivity contribution in [2.75, 3.05) is 26.7 Å². The van der Waals surface area contributed by atoms with Gasteiger partial charge in [0.05, 0.1) is 5.60 Å². The molecule has 6 heteroatoms. The number of nitrogens with one attached hydrogen (secondary N) is 2. The minimum atomic E-state index is -0.0363. The van der Waals surface area contributed by atoms with Gasteiger partial charge in [-0.05, 0) is 37.6 Å². The van der Waals surface area contributed by atoms with Crippen molar-refractivity contribution in [3.05, 3.63) is 22.4 Å². The SMILES string of the molecule is CN=C(NCCc1cccs1)NCC1(C)CCCO1.I. The monoisotopic (exact) mass is 409 g/mol. The van der Waals surface area contributed by atoms with Crippen LogP contribution < -0.4 is 10.6 Å². The molecule has 0 aliphatic carbocycles. The largest absolute Gasteiger partial charge is 0.373 e. The number of ether oxygens (including phenoxy) is 1. The molecule has 114 valence electrons. The molecule has 1 fully saturated rings. The number of halogens is 1. The van der Waals surface area contributed by atoms with E-state index in [4.69, 9.17) is 4.74 Å². The van der Waals surface area contributed by atoms with Crippen LogP contribution in [-0.2, 0) is 11.2 Å². The highest BCUT2D eigenvalue weighted by Gasteiger charge is 2.29. The first-order valence-corrected chi connectivity index (χ1v) is 7.71. The lowest BCUT2D eigenvalue weighted by atomic mass is 10.0. The molecule has 2 heterocycles. The normalized spacial score (nSPS) is 22.4. The average Bonchev–Trinajstić information content (AvgIpc) is 3.06. The smallest absolute Gasteiger partial charge is 0.191 e. The van der Waals surface area contributed by atoms with E-state index in [-0.39, 0.29) is 29.6 Å². The fourth-order valence-corrected chi connectivity index (χ4v) is 2.94. The molecule has 0 amide bonds. The molecular weight excluding hydrogens is 385 g/mol. The number of hydrogen-bond acceptors (Lipinski definition) is 3. The van der Waals surface area contributed by atoms with Crippen LogP contribution in [0, 0.1) is 0 Å². The second-order valence-corrected chi connectivity index (χ2v) is 6.12. The van der Waals surface area contributed by atoms with Crippen molar-refractivity contribution in [3.8, 4) is 0 Å². The summed E-state index contributed by atoms with van der Waals surface area (Å²) >= 11 is 1.80. The van der Waals surface area contributed by atoms with Crippen LogP contribution in [0.25, 0.3) is 0 Å². The summed E-state index contributed by atoms with van der Waals surface area (Å²) in [5.74, 6) is 0.855. The van der Waals surface area contributed by atoms with Crippen LogP contribution in [0.2, 0.25) is 0 Å². The zero-order chi connectivity index (χ0) is 13.6. The molecule has 1 aliphatic rings. The van der Waals surface area contributed by atoms with Crippen LogP contribution >= 0.6 is 35.3 Å². The van der Waals surface area contributed by atoms with Gasteiger partial charge in [0, 0.05) is 31.6 Å². The predicted octanol–water partition coefficient (Wildman–Crippen LogP) is 2.64. The van der Waals surface area contributed by atoms with Crippen LogP contribution in [0.5, 0.6) is 0 Å². The molecule has 0 aromatic carbocycles. The second-order valence-electron chi connectivity index (χ2n) is 5.08. The molecule has 2 rings (SSSR count). The molecule has 1 aliphatic heterocycles. The summed E-state index contributed by atoms with van der Waals surface area (Å²) in [5.41, 5.74) is -0.0363. The molecule has 4 nitrogen and oxygen atoms in total. The molecule has 0 bridgehead atoms. The summed E-state index contributed by atoms with van der Waals surface area (Å²) < 4.78 is 5.76. The lowest BCUT2D eigenvalue weighted by Crippen LogP contribution is -2.45. The first-order chi connectivity index (χ1) is 9.22.